The summed E-state index contributed by atoms with van der Waals surface area (Å²) in [7, 11) is 0. The molecular formula is C18H18N2O3. The van der Waals surface area contributed by atoms with Crippen LogP contribution in [0.2, 0.25) is 0 Å². The molecule has 1 heterocycles. The summed E-state index contributed by atoms with van der Waals surface area (Å²) in [6, 6.07) is 12.6. The van der Waals surface area contributed by atoms with Gasteiger partial charge in [-0.2, -0.15) is 0 Å². The molecule has 118 valence electrons. The second-order valence-corrected chi connectivity index (χ2v) is 6.01. The third-order valence-electron chi connectivity index (χ3n) is 3.81. The van der Waals surface area contributed by atoms with Crippen molar-refractivity contribution >= 4 is 23.2 Å². The molecule has 1 aliphatic rings. The van der Waals surface area contributed by atoms with Crippen molar-refractivity contribution < 1.29 is 14.3 Å². The predicted octanol–water partition coefficient (Wildman–Crippen LogP) is 3.36. The number of benzene rings is 2. The number of carbonyl (C=O) groups is 2. The van der Waals surface area contributed by atoms with Crippen LogP contribution in [0.4, 0.5) is 11.4 Å². The minimum absolute atomic E-state index is 0.226. The van der Waals surface area contributed by atoms with Crippen molar-refractivity contribution in [1.29, 1.82) is 0 Å². The molecule has 5 heteroatoms. The first-order valence-corrected chi connectivity index (χ1v) is 7.39. The Bertz CT molecular complexity index is 797. The molecule has 0 spiro atoms. The van der Waals surface area contributed by atoms with Gasteiger partial charge in [-0.3, -0.25) is 9.59 Å². The van der Waals surface area contributed by atoms with E-state index in [0.29, 0.717) is 22.7 Å². The van der Waals surface area contributed by atoms with E-state index in [-0.39, 0.29) is 11.8 Å². The Balaban J connectivity index is 1.93. The lowest BCUT2D eigenvalue weighted by atomic mass is 10.0. The Morgan fingerprint density at radius 2 is 1.87 bits per heavy atom. The van der Waals surface area contributed by atoms with Gasteiger partial charge in [0, 0.05) is 5.56 Å². The van der Waals surface area contributed by atoms with Gasteiger partial charge in [-0.05, 0) is 44.5 Å². The van der Waals surface area contributed by atoms with E-state index in [2.05, 4.69) is 10.6 Å². The average Bonchev–Trinajstić information content (AvgIpc) is 2.49. The zero-order chi connectivity index (χ0) is 16.6. The first-order chi connectivity index (χ1) is 10.9. The molecule has 0 radical (unpaired) electrons. The number of carbonyl (C=O) groups excluding carboxylic acids is 2. The van der Waals surface area contributed by atoms with Crippen LogP contribution in [0.1, 0.15) is 29.8 Å². The summed E-state index contributed by atoms with van der Waals surface area (Å²) in [4.78, 5) is 24.6. The smallest absolute Gasteiger partial charge is 0.268 e. The molecule has 23 heavy (non-hydrogen) atoms. The summed E-state index contributed by atoms with van der Waals surface area (Å²) >= 11 is 0. The molecule has 1 aliphatic heterocycles. The second-order valence-electron chi connectivity index (χ2n) is 6.01. The number of para-hydroxylation sites is 1. The number of fused-ring (bicyclic) bond motifs is 1. The maximum absolute atomic E-state index is 12.5. The maximum Gasteiger partial charge on any atom is 0.268 e. The quantitative estimate of drug-likeness (QED) is 0.894. The van der Waals surface area contributed by atoms with E-state index < -0.39 is 5.60 Å². The summed E-state index contributed by atoms with van der Waals surface area (Å²) in [6.45, 7) is 5.27. The van der Waals surface area contributed by atoms with E-state index in [0.717, 1.165) is 5.56 Å². The van der Waals surface area contributed by atoms with Crippen molar-refractivity contribution in [2.45, 2.75) is 26.4 Å². The first kappa shape index (κ1) is 15.1. The van der Waals surface area contributed by atoms with Crippen molar-refractivity contribution in [3.05, 3.63) is 53.6 Å². The van der Waals surface area contributed by atoms with Crippen LogP contribution >= 0.6 is 0 Å². The molecule has 2 aromatic rings. The molecule has 0 saturated carbocycles. The molecule has 0 bridgehead atoms. The Labute approximate surface area is 134 Å². The SMILES string of the molecule is Cc1ccccc1C(=O)Nc1cccc2c1NC(=O)C(C)(C)O2. The lowest BCUT2D eigenvalue weighted by molar-refractivity contribution is -0.129. The minimum atomic E-state index is -0.939. The number of hydrogen-bond donors (Lipinski definition) is 2. The third-order valence-corrected chi connectivity index (χ3v) is 3.81. The molecule has 0 unspecified atom stereocenters. The standard InChI is InChI=1S/C18H18N2O3/c1-11-7-4-5-8-12(11)16(21)19-13-9-6-10-14-15(13)20-17(22)18(2,3)23-14/h4-10H,1-3H3,(H,19,21)(H,20,22). The summed E-state index contributed by atoms with van der Waals surface area (Å²) < 4.78 is 5.72. The van der Waals surface area contributed by atoms with Gasteiger partial charge in [-0.25, -0.2) is 0 Å². The monoisotopic (exact) mass is 310 g/mol. The highest BCUT2D eigenvalue weighted by molar-refractivity contribution is 6.10. The van der Waals surface area contributed by atoms with E-state index in [9.17, 15) is 9.59 Å². The highest BCUT2D eigenvalue weighted by atomic mass is 16.5. The van der Waals surface area contributed by atoms with E-state index in [1.165, 1.54) is 0 Å². The number of aryl methyl sites for hydroxylation is 1. The van der Waals surface area contributed by atoms with Gasteiger partial charge in [0.15, 0.2) is 5.60 Å². The highest BCUT2D eigenvalue weighted by Gasteiger charge is 2.36. The summed E-state index contributed by atoms with van der Waals surface area (Å²) in [5, 5.41) is 5.65. The van der Waals surface area contributed by atoms with Crippen molar-refractivity contribution in [2.75, 3.05) is 10.6 Å². The molecule has 2 amide bonds. The van der Waals surface area contributed by atoms with Gasteiger partial charge in [0.25, 0.3) is 11.8 Å². The summed E-state index contributed by atoms with van der Waals surface area (Å²) in [5.41, 5.74) is 1.54. The van der Waals surface area contributed by atoms with Gasteiger partial charge in [0.1, 0.15) is 11.4 Å². The second kappa shape index (κ2) is 5.43. The van der Waals surface area contributed by atoms with Crippen LogP contribution in [-0.2, 0) is 4.79 Å². The maximum atomic E-state index is 12.5. The van der Waals surface area contributed by atoms with Gasteiger partial charge in [0.05, 0.1) is 5.69 Å². The molecule has 3 rings (SSSR count). The fourth-order valence-electron chi connectivity index (χ4n) is 2.45. The van der Waals surface area contributed by atoms with Crippen LogP contribution < -0.4 is 15.4 Å². The number of amides is 2. The largest absolute Gasteiger partial charge is 0.476 e. The summed E-state index contributed by atoms with van der Waals surface area (Å²) in [6.07, 6.45) is 0. The molecule has 0 aliphatic carbocycles. The van der Waals surface area contributed by atoms with Crippen molar-refractivity contribution in [3.8, 4) is 5.75 Å². The van der Waals surface area contributed by atoms with Gasteiger partial charge in [-0.15, -0.1) is 0 Å². The minimum Gasteiger partial charge on any atom is -0.476 e. The molecule has 0 atom stereocenters. The Kier molecular flexibility index (Phi) is 3.56. The van der Waals surface area contributed by atoms with Crippen molar-refractivity contribution in [2.24, 2.45) is 0 Å². The van der Waals surface area contributed by atoms with E-state index in [1.54, 1.807) is 38.1 Å². The van der Waals surface area contributed by atoms with Crippen LogP contribution in [0.3, 0.4) is 0 Å². The fourth-order valence-corrected chi connectivity index (χ4v) is 2.45. The van der Waals surface area contributed by atoms with Crippen LogP contribution in [0.5, 0.6) is 5.75 Å². The van der Waals surface area contributed by atoms with Gasteiger partial charge >= 0.3 is 0 Å². The van der Waals surface area contributed by atoms with Crippen LogP contribution in [0.25, 0.3) is 0 Å². The average molecular weight is 310 g/mol. The molecule has 2 N–H and O–H groups in total. The molecule has 5 nitrogen and oxygen atoms in total. The van der Waals surface area contributed by atoms with E-state index in [4.69, 9.17) is 4.74 Å². The molecule has 2 aromatic carbocycles. The predicted molar refractivity (Wildman–Crippen MR) is 88.9 cm³/mol. The molecule has 0 saturated heterocycles. The Hall–Kier alpha value is -2.82. The number of ether oxygens (including phenoxy) is 1. The zero-order valence-corrected chi connectivity index (χ0v) is 13.3. The first-order valence-electron chi connectivity index (χ1n) is 7.39. The normalized spacial score (nSPS) is 15.2. The number of nitrogens with one attached hydrogen (secondary N) is 2. The Morgan fingerprint density at radius 3 is 2.61 bits per heavy atom. The lowest BCUT2D eigenvalue weighted by Gasteiger charge is -2.32. The highest BCUT2D eigenvalue weighted by Crippen LogP contribution is 2.39. The Morgan fingerprint density at radius 1 is 1.13 bits per heavy atom. The van der Waals surface area contributed by atoms with Crippen LogP contribution in [-0.4, -0.2) is 17.4 Å². The van der Waals surface area contributed by atoms with Gasteiger partial charge < -0.3 is 15.4 Å². The topological polar surface area (TPSA) is 67.4 Å². The number of anilines is 2. The van der Waals surface area contributed by atoms with Crippen molar-refractivity contribution in [3.63, 3.8) is 0 Å². The number of hydrogen-bond acceptors (Lipinski definition) is 3. The molecular weight excluding hydrogens is 292 g/mol. The van der Waals surface area contributed by atoms with E-state index >= 15 is 0 Å². The fraction of sp³-hybridized carbons (Fsp3) is 0.222. The lowest BCUT2D eigenvalue weighted by Crippen LogP contribution is -2.45. The van der Waals surface area contributed by atoms with Crippen LogP contribution in [0, 0.1) is 6.92 Å². The van der Waals surface area contributed by atoms with Gasteiger partial charge in [0.2, 0.25) is 0 Å². The van der Waals surface area contributed by atoms with Crippen molar-refractivity contribution in [1.82, 2.24) is 0 Å². The molecule has 0 fully saturated rings. The third kappa shape index (κ3) is 2.77. The molecule has 0 aromatic heterocycles. The zero-order valence-electron chi connectivity index (χ0n) is 13.3. The number of rotatable bonds is 2. The van der Waals surface area contributed by atoms with Gasteiger partial charge in [-0.1, -0.05) is 24.3 Å². The van der Waals surface area contributed by atoms with Crippen LogP contribution in [0.15, 0.2) is 42.5 Å². The summed E-state index contributed by atoms with van der Waals surface area (Å²) in [5.74, 6) is 0.0651. The van der Waals surface area contributed by atoms with E-state index in [1.807, 2.05) is 25.1 Å².